The fourth-order valence-electron chi connectivity index (χ4n) is 6.17. The number of aliphatic hydroxyl groups is 1. The van der Waals surface area contributed by atoms with Crippen LogP contribution in [-0.4, -0.2) is 83.6 Å². The largest absolute Gasteiger partial charge is 0.496 e. The third kappa shape index (κ3) is 6.14. The van der Waals surface area contributed by atoms with Gasteiger partial charge < -0.3 is 19.6 Å². The van der Waals surface area contributed by atoms with Crippen LogP contribution in [0.1, 0.15) is 39.5 Å². The summed E-state index contributed by atoms with van der Waals surface area (Å²) in [6.07, 6.45) is 3.38. The second-order valence-electron chi connectivity index (χ2n) is 12.5. The first-order valence-electron chi connectivity index (χ1n) is 15.5. The van der Waals surface area contributed by atoms with E-state index in [1.165, 1.54) is 14.4 Å². The molecule has 1 aliphatic rings. The molecule has 0 unspecified atom stereocenters. The summed E-state index contributed by atoms with van der Waals surface area (Å²) in [5.74, 6) is 0.566. The van der Waals surface area contributed by atoms with Gasteiger partial charge in [-0.25, -0.2) is 22.4 Å². The summed E-state index contributed by atoms with van der Waals surface area (Å²) in [6, 6.07) is 16.2. The summed E-state index contributed by atoms with van der Waals surface area (Å²) in [6.45, 7) is 7.30. The molecule has 0 radical (unpaired) electrons. The van der Waals surface area contributed by atoms with Crippen LogP contribution in [0.15, 0.2) is 71.9 Å². The van der Waals surface area contributed by atoms with Crippen molar-refractivity contribution in [2.24, 2.45) is 0 Å². The van der Waals surface area contributed by atoms with E-state index in [0.717, 1.165) is 42.0 Å². The van der Waals surface area contributed by atoms with Gasteiger partial charge in [-0.15, -0.1) is 0 Å². The summed E-state index contributed by atoms with van der Waals surface area (Å²) in [4.78, 5) is 26.8. The van der Waals surface area contributed by atoms with Gasteiger partial charge in [-0.2, -0.15) is 0 Å². The molecular formula is C36H39N5O5S. The zero-order valence-corrected chi connectivity index (χ0v) is 28.3. The molecule has 1 N–H and O–H groups in total. The number of fused-ring (bicyclic) bond motifs is 2. The number of carbonyl (C=O) groups is 1. The molecule has 3 aromatic carbocycles. The number of ether oxygens (including phenoxy) is 1. The van der Waals surface area contributed by atoms with Crippen molar-refractivity contribution in [3.63, 3.8) is 0 Å². The number of aliphatic hydroxyl groups excluding tert-OH is 1. The first-order chi connectivity index (χ1) is 22.4. The van der Waals surface area contributed by atoms with Crippen molar-refractivity contribution in [2.45, 2.75) is 44.7 Å². The number of aryl methyl sites for hydroxylation is 2. The Morgan fingerprint density at radius 2 is 1.83 bits per heavy atom. The lowest BCUT2D eigenvalue weighted by Crippen LogP contribution is -2.33. The molecule has 2 aromatic heterocycles. The van der Waals surface area contributed by atoms with Gasteiger partial charge in [0.05, 0.1) is 30.0 Å². The molecule has 1 atom stereocenters. The number of hydrogen-bond acceptors (Lipinski definition) is 8. The molecule has 0 saturated carbocycles. The standard InChI is InChI=1S/C36H39N5O5S/c1-22-7-10-28(11-8-22)47(44,45)41-21-31(25-9-12-29(23(2)15-25)36(43)40(5)19-24(3)42)34-35(41)37-18-32(38-34)27-16-26-13-14-39(4)20-30(26)33(17-27)46-6/h7-12,15-18,21,24,42H,13-14,19-20H2,1-6H3/t24-/m0/s1. The highest BCUT2D eigenvalue weighted by molar-refractivity contribution is 7.90. The molecule has 0 saturated heterocycles. The number of methoxy groups -OCH3 is 1. The van der Waals surface area contributed by atoms with Gasteiger partial charge in [0.2, 0.25) is 0 Å². The monoisotopic (exact) mass is 653 g/mol. The molecular weight excluding hydrogens is 614 g/mol. The van der Waals surface area contributed by atoms with Gasteiger partial charge in [0.25, 0.3) is 15.9 Å². The lowest BCUT2D eigenvalue weighted by atomic mass is 9.95. The van der Waals surface area contributed by atoms with E-state index in [4.69, 9.17) is 14.7 Å². The summed E-state index contributed by atoms with van der Waals surface area (Å²) in [7, 11) is 1.38. The normalized spacial score (nSPS) is 14.2. The Bertz CT molecular complexity index is 2090. The second-order valence-corrected chi connectivity index (χ2v) is 14.3. The Morgan fingerprint density at radius 1 is 1.09 bits per heavy atom. The molecule has 1 amide bonds. The molecule has 0 bridgehead atoms. The van der Waals surface area contributed by atoms with Crippen LogP contribution in [0.4, 0.5) is 0 Å². The topological polar surface area (TPSA) is 118 Å². The van der Waals surface area contributed by atoms with Crippen molar-refractivity contribution < 1.29 is 23.1 Å². The SMILES string of the molecule is COc1cc(-c2cnc3c(n2)c(-c2ccc(C(=O)N(C)C[C@H](C)O)c(C)c2)cn3S(=O)(=O)c2ccc(C)cc2)cc2c1CN(C)CC2. The first-order valence-corrected chi connectivity index (χ1v) is 16.9. The molecule has 5 aromatic rings. The average Bonchev–Trinajstić information content (AvgIpc) is 3.43. The van der Waals surface area contributed by atoms with Crippen molar-refractivity contribution in [3.8, 4) is 28.1 Å². The molecule has 6 rings (SSSR count). The predicted molar refractivity (Wildman–Crippen MR) is 182 cm³/mol. The highest BCUT2D eigenvalue weighted by Crippen LogP contribution is 2.36. The van der Waals surface area contributed by atoms with E-state index in [2.05, 4.69) is 18.0 Å². The summed E-state index contributed by atoms with van der Waals surface area (Å²) >= 11 is 0. The quantitative estimate of drug-likeness (QED) is 0.247. The molecule has 244 valence electrons. The molecule has 0 aliphatic carbocycles. The van der Waals surface area contributed by atoms with E-state index < -0.39 is 16.1 Å². The van der Waals surface area contributed by atoms with Crippen molar-refractivity contribution in [1.29, 1.82) is 0 Å². The van der Waals surface area contributed by atoms with Crippen molar-refractivity contribution >= 4 is 27.1 Å². The Kier molecular flexibility index (Phi) is 8.64. The van der Waals surface area contributed by atoms with E-state index in [1.54, 1.807) is 69.9 Å². The lowest BCUT2D eigenvalue weighted by molar-refractivity contribution is 0.0703. The Balaban J connectivity index is 1.52. The van der Waals surface area contributed by atoms with E-state index in [0.29, 0.717) is 33.5 Å². The second kappa shape index (κ2) is 12.6. The molecule has 47 heavy (non-hydrogen) atoms. The summed E-state index contributed by atoms with van der Waals surface area (Å²) < 4.78 is 35.0. The van der Waals surface area contributed by atoms with E-state index in [-0.39, 0.29) is 23.0 Å². The van der Waals surface area contributed by atoms with Gasteiger partial charge in [-0.3, -0.25) is 4.79 Å². The number of rotatable bonds is 8. The summed E-state index contributed by atoms with van der Waals surface area (Å²) in [5, 5.41) is 9.78. The minimum absolute atomic E-state index is 0.139. The maximum Gasteiger partial charge on any atom is 0.269 e. The number of nitrogens with zero attached hydrogens (tertiary/aromatic N) is 5. The summed E-state index contributed by atoms with van der Waals surface area (Å²) in [5.41, 5.74) is 7.79. The van der Waals surface area contributed by atoms with Gasteiger partial charge >= 0.3 is 0 Å². The van der Waals surface area contributed by atoms with Crippen molar-refractivity contribution in [1.82, 2.24) is 23.7 Å². The van der Waals surface area contributed by atoms with Crippen LogP contribution in [0.3, 0.4) is 0 Å². The van der Waals surface area contributed by atoms with Crippen LogP contribution in [0, 0.1) is 13.8 Å². The van der Waals surface area contributed by atoms with Crippen LogP contribution >= 0.6 is 0 Å². The van der Waals surface area contributed by atoms with Gasteiger partial charge in [-0.05, 0) is 81.3 Å². The number of aromatic nitrogens is 3. The number of benzene rings is 3. The van der Waals surface area contributed by atoms with Gasteiger partial charge in [0, 0.05) is 55.1 Å². The fourth-order valence-corrected chi connectivity index (χ4v) is 7.49. The third-order valence-corrected chi connectivity index (χ3v) is 10.4. The maximum absolute atomic E-state index is 14.0. The number of amides is 1. The molecule has 0 fully saturated rings. The fraction of sp³-hybridized carbons (Fsp3) is 0.306. The Labute approximate surface area is 275 Å². The van der Waals surface area contributed by atoms with E-state index in [1.807, 2.05) is 26.0 Å². The van der Waals surface area contributed by atoms with Crippen LogP contribution in [-0.2, 0) is 23.0 Å². The number of carbonyl (C=O) groups excluding carboxylic acids is 1. The van der Waals surface area contributed by atoms with E-state index >= 15 is 0 Å². The molecule has 1 aliphatic heterocycles. The van der Waals surface area contributed by atoms with Crippen LogP contribution < -0.4 is 4.74 Å². The minimum Gasteiger partial charge on any atom is -0.496 e. The number of hydrogen-bond donors (Lipinski definition) is 1. The average molecular weight is 654 g/mol. The van der Waals surface area contributed by atoms with Crippen LogP contribution in [0.2, 0.25) is 0 Å². The molecule has 3 heterocycles. The minimum atomic E-state index is -4.02. The van der Waals surface area contributed by atoms with Crippen LogP contribution in [0.5, 0.6) is 5.75 Å². The van der Waals surface area contributed by atoms with Crippen molar-refractivity contribution in [2.75, 3.05) is 34.3 Å². The lowest BCUT2D eigenvalue weighted by Gasteiger charge is -2.27. The third-order valence-electron chi connectivity index (χ3n) is 8.70. The molecule has 10 nitrogen and oxygen atoms in total. The molecule has 0 spiro atoms. The smallest absolute Gasteiger partial charge is 0.269 e. The first kappa shape index (κ1) is 32.4. The maximum atomic E-state index is 14.0. The van der Waals surface area contributed by atoms with E-state index in [9.17, 15) is 18.3 Å². The predicted octanol–water partition coefficient (Wildman–Crippen LogP) is 5.07. The highest BCUT2D eigenvalue weighted by atomic mass is 32.2. The zero-order valence-electron chi connectivity index (χ0n) is 27.5. The van der Waals surface area contributed by atoms with Gasteiger partial charge in [0.1, 0.15) is 11.3 Å². The van der Waals surface area contributed by atoms with Crippen molar-refractivity contribution in [3.05, 3.63) is 94.8 Å². The Morgan fingerprint density at radius 3 is 2.51 bits per heavy atom. The number of likely N-dealkylation sites (N-methyl/N-ethyl adjacent to an activating group) is 2. The Hall–Kier alpha value is -4.58. The zero-order chi connectivity index (χ0) is 33.6. The highest BCUT2D eigenvalue weighted by Gasteiger charge is 2.26. The van der Waals surface area contributed by atoms with Gasteiger partial charge in [-0.1, -0.05) is 29.8 Å². The van der Waals surface area contributed by atoms with Crippen LogP contribution in [0.25, 0.3) is 33.5 Å². The van der Waals surface area contributed by atoms with Gasteiger partial charge in [0.15, 0.2) is 5.65 Å². The molecule has 11 heteroatoms.